The number of guanidine groups is 1. The minimum absolute atomic E-state index is 0. The number of hydrogen-bond acceptors (Lipinski definition) is 1. The van der Waals surface area contributed by atoms with E-state index in [1.165, 1.54) is 16.5 Å². The molecule has 0 aromatic heterocycles. The Morgan fingerprint density at radius 1 is 0.769 bits per heavy atom. The highest BCUT2D eigenvalue weighted by atomic mass is 35.5. The van der Waals surface area contributed by atoms with Crippen molar-refractivity contribution in [1.29, 1.82) is 5.41 Å². The molecule has 0 spiro atoms. The smallest absolute Gasteiger partial charge is 0.197 e. The largest absolute Gasteiger partial charge is 0.326 e. The van der Waals surface area contributed by atoms with Crippen molar-refractivity contribution in [3.8, 4) is 0 Å². The summed E-state index contributed by atoms with van der Waals surface area (Å²) in [4.78, 5) is 0. The number of nitrogens with one attached hydrogen (secondary N) is 3. The van der Waals surface area contributed by atoms with Crippen LogP contribution in [0.15, 0.2) is 42.5 Å². The van der Waals surface area contributed by atoms with E-state index < -0.39 is 0 Å². The summed E-state index contributed by atoms with van der Waals surface area (Å²) in [6.45, 7) is 0. The Morgan fingerprint density at radius 2 is 1.42 bits per heavy atom. The molecule has 1 aliphatic carbocycles. The molecule has 0 heterocycles. The molecule has 0 unspecified atom stereocenters. The Balaban J connectivity index is 0.00000196. The highest BCUT2D eigenvalue weighted by molar-refractivity contribution is 6.49. The molecular weight excluding hydrogens is 412 g/mol. The van der Waals surface area contributed by atoms with Crippen LogP contribution < -0.4 is 10.6 Å². The minimum Gasteiger partial charge on any atom is -0.326 e. The molecule has 0 amide bonds. The predicted octanol–water partition coefficient (Wildman–Crippen LogP) is 7.16. The van der Waals surface area contributed by atoms with Crippen LogP contribution in [0.3, 0.4) is 0 Å². The molecule has 0 saturated heterocycles. The number of benzene rings is 3. The van der Waals surface area contributed by atoms with Gasteiger partial charge in [-0.05, 0) is 34.7 Å². The molecule has 3 N–H and O–H groups in total. The minimum atomic E-state index is 0. The van der Waals surface area contributed by atoms with Crippen molar-refractivity contribution < 1.29 is 0 Å². The maximum atomic E-state index is 8.21. The SMILES string of the molecule is Cl.N=C(Nc1ccc(Cl)c(Cl)c1Cl)Nc1ccc2c3c(cccc13)C=C2. The summed E-state index contributed by atoms with van der Waals surface area (Å²) in [6.07, 6.45) is 4.20. The quantitative estimate of drug-likeness (QED) is 0.181. The molecule has 132 valence electrons. The fraction of sp³-hybridized carbons (Fsp3) is 0. The van der Waals surface area contributed by atoms with Gasteiger partial charge < -0.3 is 10.6 Å². The fourth-order valence-electron chi connectivity index (χ4n) is 2.95. The third kappa shape index (κ3) is 3.24. The highest BCUT2D eigenvalue weighted by Gasteiger charge is 2.13. The zero-order valence-electron chi connectivity index (χ0n) is 13.2. The zero-order valence-corrected chi connectivity index (χ0v) is 16.3. The van der Waals surface area contributed by atoms with E-state index in [2.05, 4.69) is 28.9 Å². The van der Waals surface area contributed by atoms with Crippen LogP contribution in [0.5, 0.6) is 0 Å². The van der Waals surface area contributed by atoms with Crippen LogP contribution in [0.2, 0.25) is 15.1 Å². The van der Waals surface area contributed by atoms with Crippen LogP contribution in [0.4, 0.5) is 11.4 Å². The van der Waals surface area contributed by atoms with Crippen LogP contribution in [-0.2, 0) is 0 Å². The molecule has 0 saturated carbocycles. The summed E-state index contributed by atoms with van der Waals surface area (Å²) in [5.74, 6) is 0.0898. The first-order valence-corrected chi connectivity index (χ1v) is 8.68. The predicted molar refractivity (Wildman–Crippen MR) is 117 cm³/mol. The average molecular weight is 425 g/mol. The molecule has 3 nitrogen and oxygen atoms in total. The molecule has 7 heteroatoms. The lowest BCUT2D eigenvalue weighted by Gasteiger charge is -2.15. The van der Waals surface area contributed by atoms with Gasteiger partial charge in [-0.25, -0.2) is 0 Å². The van der Waals surface area contributed by atoms with Crippen molar-refractivity contribution in [2.75, 3.05) is 10.6 Å². The lowest BCUT2D eigenvalue weighted by molar-refractivity contribution is 1.44. The van der Waals surface area contributed by atoms with E-state index in [4.69, 9.17) is 40.2 Å². The normalized spacial score (nSPS) is 11.3. The summed E-state index contributed by atoms with van der Waals surface area (Å²) in [7, 11) is 0. The van der Waals surface area contributed by atoms with E-state index in [-0.39, 0.29) is 28.4 Å². The summed E-state index contributed by atoms with van der Waals surface area (Å²) in [5.41, 5.74) is 3.73. The lowest BCUT2D eigenvalue weighted by Crippen LogP contribution is -2.20. The van der Waals surface area contributed by atoms with Gasteiger partial charge >= 0.3 is 0 Å². The Hall–Kier alpha value is -1.91. The molecule has 0 atom stereocenters. The van der Waals surface area contributed by atoms with Crippen LogP contribution >= 0.6 is 47.2 Å². The monoisotopic (exact) mass is 423 g/mol. The van der Waals surface area contributed by atoms with Gasteiger partial charge in [0.25, 0.3) is 0 Å². The Morgan fingerprint density at radius 3 is 2.19 bits per heavy atom. The van der Waals surface area contributed by atoms with Crippen molar-refractivity contribution in [3.63, 3.8) is 0 Å². The maximum absolute atomic E-state index is 8.21. The molecule has 0 fully saturated rings. The third-order valence-electron chi connectivity index (χ3n) is 4.10. The molecule has 0 aliphatic heterocycles. The zero-order chi connectivity index (χ0) is 17.6. The van der Waals surface area contributed by atoms with Gasteiger partial charge in [0, 0.05) is 11.1 Å². The van der Waals surface area contributed by atoms with Gasteiger partial charge in [0.2, 0.25) is 0 Å². The van der Waals surface area contributed by atoms with E-state index >= 15 is 0 Å². The number of rotatable bonds is 2. The Labute approximate surface area is 171 Å². The summed E-state index contributed by atoms with van der Waals surface area (Å²) >= 11 is 18.2. The van der Waals surface area contributed by atoms with Gasteiger partial charge in [-0.15, -0.1) is 12.4 Å². The first-order valence-electron chi connectivity index (χ1n) is 7.54. The maximum Gasteiger partial charge on any atom is 0.197 e. The molecule has 0 bridgehead atoms. The van der Waals surface area contributed by atoms with Gasteiger partial charge in [0.15, 0.2) is 5.96 Å². The number of hydrogen-bond donors (Lipinski definition) is 3. The van der Waals surface area contributed by atoms with Crippen molar-refractivity contribution >= 4 is 87.5 Å². The highest BCUT2D eigenvalue weighted by Crippen LogP contribution is 2.37. The molecule has 1 aliphatic rings. The number of anilines is 2. The average Bonchev–Trinajstić information content (AvgIpc) is 3.03. The second kappa shape index (κ2) is 7.37. The second-order valence-corrected chi connectivity index (χ2v) is 6.82. The van der Waals surface area contributed by atoms with Crippen LogP contribution in [0.1, 0.15) is 11.1 Å². The topological polar surface area (TPSA) is 47.9 Å². The number of halogens is 4. The van der Waals surface area contributed by atoms with Crippen LogP contribution in [0, 0.1) is 5.41 Å². The van der Waals surface area contributed by atoms with E-state index in [1.807, 2.05) is 24.3 Å². The molecule has 26 heavy (non-hydrogen) atoms. The fourth-order valence-corrected chi connectivity index (χ4v) is 3.54. The lowest BCUT2D eigenvalue weighted by atomic mass is 10.0. The van der Waals surface area contributed by atoms with E-state index in [0.29, 0.717) is 10.7 Å². The molecule has 0 radical (unpaired) electrons. The van der Waals surface area contributed by atoms with Crippen molar-refractivity contribution in [2.45, 2.75) is 0 Å². The molecule has 3 aromatic rings. The van der Waals surface area contributed by atoms with Gasteiger partial charge in [0.1, 0.15) is 0 Å². The van der Waals surface area contributed by atoms with Gasteiger partial charge in [-0.3, -0.25) is 5.41 Å². The molecule has 4 rings (SSSR count). The Kier molecular flexibility index (Phi) is 5.35. The summed E-state index contributed by atoms with van der Waals surface area (Å²) < 4.78 is 0. The van der Waals surface area contributed by atoms with Crippen LogP contribution in [-0.4, -0.2) is 5.96 Å². The van der Waals surface area contributed by atoms with Crippen molar-refractivity contribution in [2.24, 2.45) is 0 Å². The standard InChI is InChI=1S/C19H12Cl3N3.ClH/c20-13-7-9-15(18(22)17(13)21)25-19(23)24-14-8-6-11-5-4-10-2-1-3-12(14)16(10)11;/h1-9H,(H3,23,24,25);1H. The first kappa shape index (κ1) is 18.9. The molecular formula is C19H13Cl4N3. The van der Waals surface area contributed by atoms with E-state index in [9.17, 15) is 0 Å². The van der Waals surface area contributed by atoms with E-state index in [1.54, 1.807) is 12.1 Å². The second-order valence-electron chi connectivity index (χ2n) is 5.65. The van der Waals surface area contributed by atoms with Gasteiger partial charge in [-0.2, -0.15) is 0 Å². The first-order chi connectivity index (χ1) is 12.0. The Bertz CT molecular complexity index is 1050. The third-order valence-corrected chi connectivity index (χ3v) is 5.40. The van der Waals surface area contributed by atoms with Gasteiger partial charge in [-0.1, -0.05) is 71.2 Å². The summed E-state index contributed by atoms with van der Waals surface area (Å²) in [5, 5.41) is 17.4. The van der Waals surface area contributed by atoms with Crippen LogP contribution in [0.25, 0.3) is 22.9 Å². The molecule has 3 aromatic carbocycles. The van der Waals surface area contributed by atoms with Gasteiger partial charge in [0.05, 0.1) is 20.8 Å². The van der Waals surface area contributed by atoms with E-state index in [0.717, 1.165) is 11.1 Å². The summed E-state index contributed by atoms with van der Waals surface area (Å²) in [6, 6.07) is 13.4. The van der Waals surface area contributed by atoms with Crippen molar-refractivity contribution in [3.05, 3.63) is 68.7 Å². The van der Waals surface area contributed by atoms with Crippen molar-refractivity contribution in [1.82, 2.24) is 0 Å².